The van der Waals surface area contributed by atoms with E-state index < -0.39 is 0 Å². The first-order valence-corrected chi connectivity index (χ1v) is 4.99. The molecule has 0 amide bonds. The fraction of sp³-hybridized carbons (Fsp3) is 0.455. The van der Waals surface area contributed by atoms with Crippen LogP contribution in [0.3, 0.4) is 0 Å². The summed E-state index contributed by atoms with van der Waals surface area (Å²) >= 11 is 0. The van der Waals surface area contributed by atoms with E-state index in [1.54, 1.807) is 0 Å². The number of aryl methyl sites for hydroxylation is 1. The van der Waals surface area contributed by atoms with Crippen molar-refractivity contribution in [1.29, 1.82) is 0 Å². The fourth-order valence-corrected chi connectivity index (χ4v) is 1.85. The van der Waals surface area contributed by atoms with Gasteiger partial charge in [0.05, 0.1) is 6.54 Å². The van der Waals surface area contributed by atoms with Crippen LogP contribution in [-0.4, -0.2) is 12.6 Å². The Morgan fingerprint density at radius 2 is 2.33 bits per heavy atom. The topological polar surface area (TPSA) is 58.0 Å². The van der Waals surface area contributed by atoms with Gasteiger partial charge in [0.15, 0.2) is 0 Å². The molecule has 0 spiro atoms. The van der Waals surface area contributed by atoms with Crippen molar-refractivity contribution in [2.45, 2.75) is 26.4 Å². The third kappa shape index (κ3) is 1.76. The third-order valence-electron chi connectivity index (χ3n) is 2.84. The molecule has 1 heterocycles. The van der Waals surface area contributed by atoms with Crippen LogP contribution in [0.4, 0.5) is 0 Å². The van der Waals surface area contributed by atoms with Crippen molar-refractivity contribution in [2.75, 3.05) is 6.54 Å². The maximum Gasteiger partial charge on any atom is 0.126 e. The molecule has 0 saturated heterocycles. The van der Waals surface area contributed by atoms with E-state index >= 15 is 0 Å². The van der Waals surface area contributed by atoms with E-state index in [2.05, 4.69) is 36.0 Å². The molecule has 1 aliphatic rings. The normalized spacial score (nSPS) is 17.9. The number of azide groups is 1. The van der Waals surface area contributed by atoms with Crippen molar-refractivity contribution in [1.82, 2.24) is 0 Å². The number of nitrogens with zero attached hydrogens (tertiary/aromatic N) is 3. The summed E-state index contributed by atoms with van der Waals surface area (Å²) in [4.78, 5) is 2.75. The van der Waals surface area contributed by atoms with Crippen LogP contribution in [-0.2, 0) is 6.42 Å². The van der Waals surface area contributed by atoms with E-state index in [4.69, 9.17) is 10.3 Å². The van der Waals surface area contributed by atoms with Crippen LogP contribution in [0.1, 0.15) is 16.7 Å². The molecule has 1 aromatic carbocycles. The standard InChI is InChI=1S/C11H13N3O/c1-7-3-4-9-5-10(6-13-14-12)15-11(9)8(7)2/h3-4,10H,5-6H2,1-2H3/t10-/m0/s1. The summed E-state index contributed by atoms with van der Waals surface area (Å²) < 4.78 is 5.76. The summed E-state index contributed by atoms with van der Waals surface area (Å²) in [5.41, 5.74) is 11.9. The number of rotatable bonds is 2. The summed E-state index contributed by atoms with van der Waals surface area (Å²) in [6.07, 6.45) is 0.853. The molecule has 0 fully saturated rings. The van der Waals surface area contributed by atoms with Gasteiger partial charge in [-0.3, -0.25) is 0 Å². The van der Waals surface area contributed by atoms with Crippen molar-refractivity contribution < 1.29 is 4.74 Å². The first-order chi connectivity index (χ1) is 7.22. The number of hydrogen-bond donors (Lipinski definition) is 0. The monoisotopic (exact) mass is 203 g/mol. The highest BCUT2D eigenvalue weighted by Gasteiger charge is 2.24. The molecule has 0 aliphatic carbocycles. The fourth-order valence-electron chi connectivity index (χ4n) is 1.85. The quantitative estimate of drug-likeness (QED) is 0.414. The van der Waals surface area contributed by atoms with Gasteiger partial charge in [0.2, 0.25) is 0 Å². The molecule has 0 radical (unpaired) electrons. The average molecular weight is 203 g/mol. The summed E-state index contributed by atoms with van der Waals surface area (Å²) in [7, 11) is 0. The highest BCUT2D eigenvalue weighted by Crippen LogP contribution is 2.33. The second-order valence-corrected chi connectivity index (χ2v) is 3.85. The largest absolute Gasteiger partial charge is 0.489 e. The minimum Gasteiger partial charge on any atom is -0.489 e. The first kappa shape index (κ1) is 9.87. The summed E-state index contributed by atoms with van der Waals surface area (Å²) in [5, 5.41) is 3.54. The zero-order valence-electron chi connectivity index (χ0n) is 8.90. The Kier molecular flexibility index (Phi) is 2.52. The second kappa shape index (κ2) is 3.83. The highest BCUT2D eigenvalue weighted by molar-refractivity contribution is 5.47. The van der Waals surface area contributed by atoms with E-state index in [1.807, 2.05) is 0 Å². The Labute approximate surface area is 88.5 Å². The SMILES string of the molecule is Cc1ccc2c(c1C)O[C@H](CN=[N+]=[N-])C2. The maximum atomic E-state index is 8.25. The Hall–Kier alpha value is -1.67. The predicted octanol–water partition coefficient (Wildman–Crippen LogP) is 2.92. The van der Waals surface area contributed by atoms with E-state index in [0.29, 0.717) is 6.54 Å². The van der Waals surface area contributed by atoms with Crippen molar-refractivity contribution in [3.05, 3.63) is 39.3 Å². The Bertz CT molecular complexity index is 436. The van der Waals surface area contributed by atoms with E-state index in [0.717, 1.165) is 12.2 Å². The molecule has 0 aromatic heterocycles. The molecule has 4 nitrogen and oxygen atoms in total. The van der Waals surface area contributed by atoms with Crippen LogP contribution >= 0.6 is 0 Å². The molecule has 2 rings (SSSR count). The molecule has 0 unspecified atom stereocenters. The van der Waals surface area contributed by atoms with Crippen LogP contribution < -0.4 is 4.74 Å². The summed E-state index contributed by atoms with van der Waals surface area (Å²) in [6.45, 7) is 4.54. The number of fused-ring (bicyclic) bond motifs is 1. The average Bonchev–Trinajstić information content (AvgIpc) is 2.64. The molecular weight excluding hydrogens is 190 g/mol. The van der Waals surface area contributed by atoms with Crippen molar-refractivity contribution in [3.63, 3.8) is 0 Å². The molecule has 15 heavy (non-hydrogen) atoms. The summed E-state index contributed by atoms with van der Waals surface area (Å²) in [6, 6.07) is 4.20. The van der Waals surface area contributed by atoms with Gasteiger partial charge in [-0.15, -0.1) is 0 Å². The van der Waals surface area contributed by atoms with E-state index in [1.165, 1.54) is 16.7 Å². The van der Waals surface area contributed by atoms with Gasteiger partial charge in [-0.2, -0.15) is 0 Å². The molecule has 4 heteroatoms. The molecular formula is C11H13N3O. The van der Waals surface area contributed by atoms with E-state index in [-0.39, 0.29) is 6.10 Å². The Morgan fingerprint density at radius 1 is 1.53 bits per heavy atom. The number of hydrogen-bond acceptors (Lipinski definition) is 2. The van der Waals surface area contributed by atoms with Crippen molar-refractivity contribution in [3.8, 4) is 5.75 Å². The molecule has 0 saturated carbocycles. The molecule has 1 aromatic rings. The number of ether oxygens (including phenoxy) is 1. The molecule has 0 N–H and O–H groups in total. The van der Waals surface area contributed by atoms with Gasteiger partial charge in [-0.05, 0) is 36.1 Å². The smallest absolute Gasteiger partial charge is 0.126 e. The number of benzene rings is 1. The van der Waals surface area contributed by atoms with Crippen LogP contribution in [0.5, 0.6) is 5.75 Å². The van der Waals surface area contributed by atoms with Crippen LogP contribution in [0.15, 0.2) is 17.2 Å². The second-order valence-electron chi connectivity index (χ2n) is 3.85. The Morgan fingerprint density at radius 3 is 3.07 bits per heavy atom. The van der Waals surface area contributed by atoms with Gasteiger partial charge >= 0.3 is 0 Å². The lowest BCUT2D eigenvalue weighted by Crippen LogP contribution is -2.16. The van der Waals surface area contributed by atoms with Crippen LogP contribution in [0.2, 0.25) is 0 Å². The molecule has 78 valence electrons. The highest BCUT2D eigenvalue weighted by atomic mass is 16.5. The van der Waals surface area contributed by atoms with E-state index in [9.17, 15) is 0 Å². The molecule has 0 bridgehead atoms. The van der Waals surface area contributed by atoms with Gasteiger partial charge in [0, 0.05) is 11.3 Å². The minimum absolute atomic E-state index is 0.0106. The lowest BCUT2D eigenvalue weighted by Gasteiger charge is -2.09. The van der Waals surface area contributed by atoms with Gasteiger partial charge < -0.3 is 4.74 Å². The predicted molar refractivity (Wildman–Crippen MR) is 58.0 cm³/mol. The lowest BCUT2D eigenvalue weighted by molar-refractivity contribution is 0.240. The van der Waals surface area contributed by atoms with Crippen molar-refractivity contribution in [2.24, 2.45) is 5.11 Å². The van der Waals surface area contributed by atoms with Crippen LogP contribution in [0, 0.1) is 13.8 Å². The lowest BCUT2D eigenvalue weighted by atomic mass is 10.0. The minimum atomic E-state index is 0.0106. The zero-order chi connectivity index (χ0) is 10.8. The van der Waals surface area contributed by atoms with Crippen LogP contribution in [0.25, 0.3) is 10.4 Å². The van der Waals surface area contributed by atoms with Gasteiger partial charge in [0.1, 0.15) is 11.9 Å². The van der Waals surface area contributed by atoms with Gasteiger partial charge in [-0.1, -0.05) is 17.2 Å². The van der Waals surface area contributed by atoms with Crippen molar-refractivity contribution >= 4 is 0 Å². The summed E-state index contributed by atoms with van der Waals surface area (Å²) in [5.74, 6) is 0.980. The third-order valence-corrected chi connectivity index (χ3v) is 2.84. The Balaban J connectivity index is 2.23. The maximum absolute atomic E-state index is 8.25. The molecule has 1 atom stereocenters. The molecule has 1 aliphatic heterocycles. The van der Waals surface area contributed by atoms with Gasteiger partial charge in [0.25, 0.3) is 0 Å². The first-order valence-electron chi connectivity index (χ1n) is 4.99. The zero-order valence-corrected chi connectivity index (χ0v) is 8.90. The van der Waals surface area contributed by atoms with Gasteiger partial charge in [-0.25, -0.2) is 0 Å².